The van der Waals surface area contributed by atoms with Crippen LogP contribution in [0.25, 0.3) is 0 Å². The van der Waals surface area contributed by atoms with Crippen LogP contribution in [0.2, 0.25) is 0 Å². The molecule has 2 aromatic rings. The second-order valence-corrected chi connectivity index (χ2v) is 20.6. The molecule has 4 rings (SSSR count). The van der Waals surface area contributed by atoms with Crippen molar-refractivity contribution in [3.8, 4) is 0 Å². The van der Waals surface area contributed by atoms with Gasteiger partial charge >= 0.3 is 0 Å². The Hall–Kier alpha value is -0.121. The first-order chi connectivity index (χ1) is 16.5. The van der Waals surface area contributed by atoms with Crippen LogP contribution in [0.5, 0.6) is 0 Å². The minimum Gasteiger partial charge on any atom is -0.748 e. The summed E-state index contributed by atoms with van der Waals surface area (Å²) >= 11 is 0. The maximum atomic E-state index is 15.2. The molecule has 0 aromatic heterocycles. The third-order valence-corrected chi connectivity index (χ3v) is 16.6. The minimum absolute atomic E-state index is 0. The molecule has 1 atom stereocenters. The second-order valence-electron chi connectivity index (χ2n) is 13.0. The van der Waals surface area contributed by atoms with Gasteiger partial charge in [0.2, 0.25) is 0 Å². The van der Waals surface area contributed by atoms with Crippen molar-refractivity contribution in [3.05, 3.63) is 54.1 Å². The van der Waals surface area contributed by atoms with Crippen molar-refractivity contribution in [3.63, 3.8) is 0 Å². The molecular weight excluding hydrogens is 518 g/mol. The van der Waals surface area contributed by atoms with E-state index in [1.807, 2.05) is 30.3 Å². The summed E-state index contributed by atoms with van der Waals surface area (Å²) in [5, 5.41) is 1.87. The summed E-state index contributed by atoms with van der Waals surface area (Å²) in [6, 6.07) is 16.9. The summed E-state index contributed by atoms with van der Waals surface area (Å²) in [5.41, 5.74) is 2.83. The van der Waals surface area contributed by atoms with Crippen molar-refractivity contribution in [1.82, 2.24) is 0 Å². The van der Waals surface area contributed by atoms with Gasteiger partial charge in [-0.15, -0.1) is 18.8 Å². The van der Waals surface area contributed by atoms with Gasteiger partial charge in [-0.1, -0.05) is 87.0 Å². The van der Waals surface area contributed by atoms with E-state index in [0.29, 0.717) is 17.0 Å². The fourth-order valence-electron chi connectivity index (χ4n) is 7.34. The Balaban J connectivity index is 0.000000678. The van der Waals surface area contributed by atoms with Crippen molar-refractivity contribution in [2.45, 2.75) is 140 Å². The molecule has 2 aromatic carbocycles. The van der Waals surface area contributed by atoms with E-state index in [1.165, 1.54) is 75.1 Å². The summed E-state index contributed by atoms with van der Waals surface area (Å²) < 4.78 is 15.2. The molecule has 36 heavy (non-hydrogen) atoms. The molecule has 1 nitrogen and oxygen atoms in total. The smallest absolute Gasteiger partial charge is 0.0976 e. The Kier molecular flexibility index (Phi) is 12.3. The van der Waals surface area contributed by atoms with Gasteiger partial charge in [0.15, 0.2) is 0 Å². The van der Waals surface area contributed by atoms with Crippen LogP contribution in [0.4, 0.5) is 0 Å². The van der Waals surface area contributed by atoms with Gasteiger partial charge in [-0.2, -0.15) is 6.07 Å². The zero-order valence-electron chi connectivity index (χ0n) is 24.1. The Labute approximate surface area is 235 Å². The molecule has 1 unspecified atom stereocenters. The number of rotatable bonds is 5. The molecule has 0 spiro atoms. The molecule has 210 valence electrons. The van der Waals surface area contributed by atoms with E-state index in [1.54, 1.807) is 0 Å². The minimum atomic E-state index is -2.40. The first-order valence-electron chi connectivity index (χ1n) is 14.3. The quantitative estimate of drug-likeness (QED) is 0.199. The molecule has 0 aliphatic heterocycles. The van der Waals surface area contributed by atoms with E-state index >= 15 is 4.57 Å². The van der Waals surface area contributed by atoms with E-state index in [2.05, 4.69) is 66.7 Å². The predicted molar refractivity (Wildman–Crippen MR) is 160 cm³/mol. The number of hydrogen-bond acceptors (Lipinski definition) is 1. The van der Waals surface area contributed by atoms with Gasteiger partial charge in [-0.25, -0.2) is 12.1 Å². The maximum absolute atomic E-state index is 15.2. The molecule has 0 amide bonds. The summed E-state index contributed by atoms with van der Waals surface area (Å²) in [7, 11) is -2.67. The van der Waals surface area contributed by atoms with Crippen LogP contribution in [-0.4, -0.2) is 21.6 Å². The molecule has 2 fully saturated rings. The van der Waals surface area contributed by atoms with Crippen LogP contribution in [-0.2, 0) is 21.6 Å². The van der Waals surface area contributed by atoms with Gasteiger partial charge in [0.1, 0.15) is 0 Å². The molecule has 0 bridgehead atoms. The molecule has 0 heterocycles. The molecule has 4 heteroatoms. The zero-order chi connectivity index (χ0) is 25.7. The molecule has 2 aliphatic rings. The predicted octanol–water partition coefficient (Wildman–Crippen LogP) is 10.6. The average Bonchev–Trinajstić information content (AvgIpc) is 3.53. The van der Waals surface area contributed by atoms with Crippen molar-refractivity contribution in [1.29, 1.82) is 0 Å². The fraction of sp³-hybridized carbons (Fsp3) is 0.688. The summed E-state index contributed by atoms with van der Waals surface area (Å²) in [6.45, 7) is 17.0. The standard InChI is InChI=1S/C27H47OP2.C5H5.Fe/c1-21(29(26(2,3)4)27(5,6)7)24-19-14-20-25(24)30(28,22-15-10-8-11-16-22)23-17-12-9-13-18-23;1-2-4-5-3-1;/h14,19-23H,8-13,15-18H2,1-7H3;1-5H;/q-1;-5;. The van der Waals surface area contributed by atoms with Crippen LogP contribution in [0.1, 0.15) is 124 Å². The Bertz CT molecular complexity index is 850. The summed E-state index contributed by atoms with van der Waals surface area (Å²) in [5.74, 6) is 0. The first kappa shape index (κ1) is 32.1. The number of hydrogen-bond donors (Lipinski definition) is 0. The maximum Gasteiger partial charge on any atom is 0.0976 e. The Morgan fingerprint density at radius 2 is 1.19 bits per heavy atom. The van der Waals surface area contributed by atoms with E-state index < -0.39 is 7.14 Å². The van der Waals surface area contributed by atoms with Crippen molar-refractivity contribution < 1.29 is 21.6 Å². The van der Waals surface area contributed by atoms with E-state index in [9.17, 15) is 0 Å². The van der Waals surface area contributed by atoms with Crippen LogP contribution < -0.4 is 5.30 Å². The second kappa shape index (κ2) is 13.8. The molecular formula is C32H52FeOP2-6. The third kappa shape index (κ3) is 7.72. The molecule has 2 saturated carbocycles. The topological polar surface area (TPSA) is 17.1 Å². The van der Waals surface area contributed by atoms with Gasteiger partial charge < -0.3 is 34.9 Å². The van der Waals surface area contributed by atoms with Crippen molar-refractivity contribution in [2.75, 3.05) is 0 Å². The van der Waals surface area contributed by atoms with Gasteiger partial charge in [0.25, 0.3) is 0 Å². The van der Waals surface area contributed by atoms with E-state index in [0.717, 1.165) is 0 Å². The molecule has 0 N–H and O–H groups in total. The largest absolute Gasteiger partial charge is 0.748 e. The van der Waals surface area contributed by atoms with Crippen molar-refractivity contribution in [2.24, 2.45) is 0 Å². The summed E-state index contributed by atoms with van der Waals surface area (Å²) in [6.07, 6.45) is 12.6. The van der Waals surface area contributed by atoms with E-state index in [-0.39, 0.29) is 35.3 Å². The monoisotopic (exact) mass is 570 g/mol. The fourth-order valence-corrected chi connectivity index (χ4v) is 16.9. The van der Waals surface area contributed by atoms with E-state index in [4.69, 9.17) is 0 Å². The van der Waals surface area contributed by atoms with Crippen LogP contribution >= 0.6 is 15.1 Å². The zero-order valence-corrected chi connectivity index (χ0v) is 27.0. The van der Waals surface area contributed by atoms with Crippen LogP contribution in [0, 0.1) is 0 Å². The van der Waals surface area contributed by atoms with Crippen LogP contribution in [0.15, 0.2) is 48.5 Å². The van der Waals surface area contributed by atoms with Gasteiger partial charge in [0.05, 0.1) is 7.14 Å². The summed E-state index contributed by atoms with van der Waals surface area (Å²) in [4.78, 5) is 0. The van der Waals surface area contributed by atoms with Crippen LogP contribution in [0.3, 0.4) is 0 Å². The Morgan fingerprint density at radius 3 is 1.56 bits per heavy atom. The van der Waals surface area contributed by atoms with Gasteiger partial charge in [-0.05, 0) is 41.7 Å². The first-order valence-corrected chi connectivity index (χ1v) is 17.5. The van der Waals surface area contributed by atoms with Gasteiger partial charge in [-0.3, -0.25) is 0 Å². The normalized spacial score (nSPS) is 19.3. The molecule has 0 saturated heterocycles. The van der Waals surface area contributed by atoms with Gasteiger partial charge in [0, 0.05) is 28.4 Å². The van der Waals surface area contributed by atoms with Crippen molar-refractivity contribution >= 4 is 20.4 Å². The molecule has 0 radical (unpaired) electrons. The Morgan fingerprint density at radius 1 is 0.806 bits per heavy atom. The molecule has 2 aliphatic carbocycles. The third-order valence-electron chi connectivity index (χ3n) is 8.27. The average molecular weight is 571 g/mol. The SMILES string of the molecule is CC([c-]1cccc1P(=O)(C1CCCCC1)C1CCCCC1)P(C(C)(C)C)C(C)(C)C.[Fe].[cH-]1[cH-][cH-][cH-][cH-]1.